The smallest absolute Gasteiger partial charge is 0.123 e. The van der Waals surface area contributed by atoms with Crippen LogP contribution in [0.2, 0.25) is 0 Å². The van der Waals surface area contributed by atoms with Crippen molar-refractivity contribution < 1.29 is 9.84 Å². The molecule has 0 aliphatic carbocycles. The minimum atomic E-state index is 0.186. The second-order valence-electron chi connectivity index (χ2n) is 6.00. The summed E-state index contributed by atoms with van der Waals surface area (Å²) >= 11 is 0. The Morgan fingerprint density at radius 1 is 1.25 bits per heavy atom. The van der Waals surface area contributed by atoms with Gasteiger partial charge in [0.2, 0.25) is 0 Å². The second kappa shape index (κ2) is 7.30. The summed E-state index contributed by atoms with van der Waals surface area (Å²) in [6.07, 6.45) is 1.64. The minimum absolute atomic E-state index is 0.186. The van der Waals surface area contributed by atoms with E-state index in [-0.39, 0.29) is 5.75 Å². The Morgan fingerprint density at radius 2 is 1.96 bits per heavy atom. The summed E-state index contributed by atoms with van der Waals surface area (Å²) in [5, 5.41) is 10.3. The lowest BCUT2D eigenvalue weighted by Gasteiger charge is -2.13. The number of rotatable bonds is 5. The Labute approximate surface area is 143 Å². The third kappa shape index (κ3) is 3.48. The SMILES string of the molecule is C=C/C(OC)=C(/C)c1nc(-c2cccc(C(C)C)n2)cc(O)c1C. The van der Waals surface area contributed by atoms with Crippen LogP contribution in [0.1, 0.15) is 43.6 Å². The lowest BCUT2D eigenvalue weighted by atomic mass is 10.0. The van der Waals surface area contributed by atoms with Crippen LogP contribution in [0.5, 0.6) is 5.75 Å². The van der Waals surface area contributed by atoms with Crippen molar-refractivity contribution in [2.75, 3.05) is 7.11 Å². The lowest BCUT2D eigenvalue weighted by Crippen LogP contribution is -2.00. The van der Waals surface area contributed by atoms with Crippen LogP contribution in [0, 0.1) is 6.92 Å². The van der Waals surface area contributed by atoms with Crippen molar-refractivity contribution in [3.63, 3.8) is 0 Å². The van der Waals surface area contributed by atoms with E-state index < -0.39 is 0 Å². The highest BCUT2D eigenvalue weighted by atomic mass is 16.5. The predicted molar refractivity (Wildman–Crippen MR) is 97.8 cm³/mol. The zero-order valence-electron chi connectivity index (χ0n) is 14.9. The number of methoxy groups -OCH3 is 1. The maximum atomic E-state index is 10.3. The van der Waals surface area contributed by atoms with Crippen LogP contribution >= 0.6 is 0 Å². The second-order valence-corrected chi connectivity index (χ2v) is 6.00. The van der Waals surface area contributed by atoms with Gasteiger partial charge >= 0.3 is 0 Å². The van der Waals surface area contributed by atoms with Gasteiger partial charge in [-0.3, -0.25) is 4.98 Å². The predicted octanol–water partition coefficient (Wildman–Crippen LogP) is 4.84. The van der Waals surface area contributed by atoms with E-state index in [1.807, 2.05) is 32.0 Å². The molecule has 2 rings (SSSR count). The molecule has 1 N–H and O–H groups in total. The Kier molecular flexibility index (Phi) is 5.39. The van der Waals surface area contributed by atoms with Gasteiger partial charge in [-0.1, -0.05) is 26.5 Å². The van der Waals surface area contributed by atoms with E-state index in [1.54, 1.807) is 19.3 Å². The van der Waals surface area contributed by atoms with Gasteiger partial charge in [0.1, 0.15) is 11.5 Å². The van der Waals surface area contributed by atoms with Gasteiger partial charge in [0, 0.05) is 22.9 Å². The zero-order chi connectivity index (χ0) is 17.9. The highest BCUT2D eigenvalue weighted by Gasteiger charge is 2.15. The number of allylic oxidation sites excluding steroid dienone is 2. The van der Waals surface area contributed by atoms with E-state index in [4.69, 9.17) is 9.72 Å². The number of ether oxygens (including phenoxy) is 1. The van der Waals surface area contributed by atoms with Crippen molar-refractivity contribution in [3.05, 3.63) is 59.6 Å². The molecule has 2 aromatic rings. The molecule has 2 heterocycles. The molecule has 126 valence electrons. The number of aromatic hydroxyl groups is 1. The van der Waals surface area contributed by atoms with E-state index in [0.29, 0.717) is 28.6 Å². The third-order valence-electron chi connectivity index (χ3n) is 4.00. The standard InChI is InChI=1S/C20H24N2O2/c1-7-19(24-6)14(5)20-13(4)18(23)11-17(22-20)16-10-8-9-15(21-16)12(2)3/h7-12H,1H2,2-6H3,(H,22,23)/b19-14+. The van der Waals surface area contributed by atoms with Crippen LogP contribution in [0.3, 0.4) is 0 Å². The molecule has 0 unspecified atom stereocenters. The van der Waals surface area contributed by atoms with Crippen molar-refractivity contribution in [1.82, 2.24) is 9.97 Å². The molecule has 0 bridgehead atoms. The lowest BCUT2D eigenvalue weighted by molar-refractivity contribution is 0.308. The van der Waals surface area contributed by atoms with E-state index >= 15 is 0 Å². The molecule has 0 saturated carbocycles. The van der Waals surface area contributed by atoms with Crippen LogP contribution in [0.15, 0.2) is 42.7 Å². The average molecular weight is 324 g/mol. The Bertz CT molecular complexity index is 792. The fraction of sp³-hybridized carbons (Fsp3) is 0.300. The molecule has 2 aromatic heterocycles. The van der Waals surface area contributed by atoms with Gasteiger partial charge in [-0.05, 0) is 38.0 Å². The van der Waals surface area contributed by atoms with Gasteiger partial charge in [-0.2, -0.15) is 0 Å². The monoisotopic (exact) mass is 324 g/mol. The first-order valence-electron chi connectivity index (χ1n) is 7.94. The number of aromatic nitrogens is 2. The molecule has 4 nitrogen and oxygen atoms in total. The molecular formula is C20H24N2O2. The molecule has 0 spiro atoms. The van der Waals surface area contributed by atoms with Crippen LogP contribution in [-0.2, 0) is 4.74 Å². The van der Waals surface area contributed by atoms with Crippen LogP contribution < -0.4 is 0 Å². The summed E-state index contributed by atoms with van der Waals surface area (Å²) in [4.78, 5) is 9.37. The molecule has 0 saturated heterocycles. The van der Waals surface area contributed by atoms with Gasteiger partial charge in [0.15, 0.2) is 0 Å². The molecule has 0 atom stereocenters. The Hall–Kier alpha value is -2.62. The van der Waals surface area contributed by atoms with Gasteiger partial charge in [0.25, 0.3) is 0 Å². The summed E-state index contributed by atoms with van der Waals surface area (Å²) in [5.41, 5.74) is 4.57. The maximum absolute atomic E-state index is 10.3. The van der Waals surface area contributed by atoms with Gasteiger partial charge in [-0.15, -0.1) is 0 Å². The fourth-order valence-corrected chi connectivity index (χ4v) is 2.51. The normalized spacial score (nSPS) is 12.1. The topological polar surface area (TPSA) is 55.2 Å². The van der Waals surface area contributed by atoms with Gasteiger partial charge < -0.3 is 9.84 Å². The van der Waals surface area contributed by atoms with Crippen molar-refractivity contribution in [1.29, 1.82) is 0 Å². The van der Waals surface area contributed by atoms with Crippen LogP contribution in [-0.4, -0.2) is 22.2 Å². The quantitative estimate of drug-likeness (QED) is 0.631. The largest absolute Gasteiger partial charge is 0.508 e. The minimum Gasteiger partial charge on any atom is -0.508 e. The first-order valence-corrected chi connectivity index (χ1v) is 7.94. The molecule has 0 fully saturated rings. The number of hydrogen-bond donors (Lipinski definition) is 1. The average Bonchev–Trinajstić information content (AvgIpc) is 2.58. The molecule has 0 radical (unpaired) electrons. The van der Waals surface area contributed by atoms with E-state index in [9.17, 15) is 5.11 Å². The number of pyridine rings is 2. The fourth-order valence-electron chi connectivity index (χ4n) is 2.51. The Balaban J connectivity index is 2.65. The Morgan fingerprint density at radius 3 is 2.54 bits per heavy atom. The molecule has 0 aromatic carbocycles. The van der Waals surface area contributed by atoms with Crippen molar-refractivity contribution in [3.8, 4) is 17.1 Å². The molecule has 0 aliphatic heterocycles. The first kappa shape index (κ1) is 17.7. The highest BCUT2D eigenvalue weighted by molar-refractivity contribution is 5.72. The van der Waals surface area contributed by atoms with E-state index in [1.165, 1.54) is 0 Å². The third-order valence-corrected chi connectivity index (χ3v) is 4.00. The van der Waals surface area contributed by atoms with E-state index in [0.717, 1.165) is 17.0 Å². The molecular weight excluding hydrogens is 300 g/mol. The van der Waals surface area contributed by atoms with Crippen LogP contribution in [0.4, 0.5) is 0 Å². The van der Waals surface area contributed by atoms with Gasteiger partial charge in [0.05, 0.1) is 24.2 Å². The summed E-state index contributed by atoms with van der Waals surface area (Å²) in [6, 6.07) is 7.51. The molecule has 24 heavy (non-hydrogen) atoms. The van der Waals surface area contributed by atoms with Gasteiger partial charge in [-0.25, -0.2) is 4.98 Å². The van der Waals surface area contributed by atoms with Crippen molar-refractivity contribution in [2.45, 2.75) is 33.6 Å². The van der Waals surface area contributed by atoms with Crippen molar-refractivity contribution >= 4 is 5.57 Å². The molecule has 0 aliphatic rings. The maximum Gasteiger partial charge on any atom is 0.123 e. The summed E-state index contributed by atoms with van der Waals surface area (Å²) in [7, 11) is 1.59. The number of nitrogens with zero attached hydrogens (tertiary/aromatic N) is 2. The molecule has 0 amide bonds. The highest BCUT2D eigenvalue weighted by Crippen LogP contribution is 2.31. The zero-order valence-corrected chi connectivity index (χ0v) is 14.9. The van der Waals surface area contributed by atoms with Crippen molar-refractivity contribution in [2.24, 2.45) is 0 Å². The molecule has 4 heteroatoms. The first-order chi connectivity index (χ1) is 11.4. The number of hydrogen-bond acceptors (Lipinski definition) is 4. The summed E-state index contributed by atoms with van der Waals surface area (Å²) < 4.78 is 5.33. The summed E-state index contributed by atoms with van der Waals surface area (Å²) in [6.45, 7) is 11.7. The van der Waals surface area contributed by atoms with Crippen LogP contribution in [0.25, 0.3) is 17.0 Å². The summed E-state index contributed by atoms with van der Waals surface area (Å²) in [5.74, 6) is 1.14. The van der Waals surface area contributed by atoms with E-state index in [2.05, 4.69) is 25.4 Å².